The van der Waals surface area contributed by atoms with Gasteiger partial charge in [-0.2, -0.15) is 0 Å². The minimum absolute atomic E-state index is 0.0727. The maximum absolute atomic E-state index is 12.9. The molecule has 2 aromatic heterocycles. The van der Waals surface area contributed by atoms with Crippen LogP contribution in [0.4, 0.5) is 5.82 Å². The van der Waals surface area contributed by atoms with Gasteiger partial charge in [-0.25, -0.2) is 9.97 Å². The van der Waals surface area contributed by atoms with Gasteiger partial charge in [0.25, 0.3) is 5.91 Å². The number of rotatable bonds is 7. The average molecular weight is 390 g/mol. The number of nitrogens with one attached hydrogen (secondary N) is 1. The van der Waals surface area contributed by atoms with E-state index in [2.05, 4.69) is 34.0 Å². The summed E-state index contributed by atoms with van der Waals surface area (Å²) in [5.74, 6) is 1.36. The molecule has 0 atom stereocenters. The van der Waals surface area contributed by atoms with Gasteiger partial charge in [-0.1, -0.05) is 20.3 Å². The van der Waals surface area contributed by atoms with Crippen LogP contribution in [0.15, 0.2) is 6.33 Å². The summed E-state index contributed by atoms with van der Waals surface area (Å²) in [5, 5.41) is 4.47. The van der Waals surface area contributed by atoms with Gasteiger partial charge in [0.15, 0.2) is 0 Å². The molecule has 6 nitrogen and oxygen atoms in total. The highest BCUT2D eigenvalue weighted by atomic mass is 32.1. The zero-order valence-corrected chi connectivity index (χ0v) is 17.7. The zero-order chi connectivity index (χ0) is 19.4. The largest absolute Gasteiger partial charge is 0.368 e. The Balaban J connectivity index is 1.75. The van der Waals surface area contributed by atoms with Gasteiger partial charge in [0, 0.05) is 26.7 Å². The van der Waals surface area contributed by atoms with Gasteiger partial charge < -0.3 is 15.1 Å². The van der Waals surface area contributed by atoms with Crippen LogP contribution in [-0.2, 0) is 0 Å². The number of fused-ring (bicyclic) bond motifs is 1. The molecular weight excluding hydrogens is 358 g/mol. The van der Waals surface area contributed by atoms with Crippen LogP contribution in [0.1, 0.15) is 48.3 Å². The van der Waals surface area contributed by atoms with Crippen molar-refractivity contribution in [1.29, 1.82) is 0 Å². The number of hydrogen-bond acceptors (Lipinski definition) is 6. The zero-order valence-electron chi connectivity index (χ0n) is 16.9. The fourth-order valence-electron chi connectivity index (χ4n) is 3.73. The van der Waals surface area contributed by atoms with Crippen LogP contribution in [0.25, 0.3) is 10.2 Å². The molecule has 2 aromatic rings. The molecule has 1 N–H and O–H groups in total. The summed E-state index contributed by atoms with van der Waals surface area (Å²) in [6.07, 6.45) is 5.55. The van der Waals surface area contributed by atoms with E-state index >= 15 is 0 Å². The number of nitrogens with zero attached hydrogens (tertiary/aromatic N) is 4. The van der Waals surface area contributed by atoms with E-state index in [1.807, 2.05) is 14.0 Å². The van der Waals surface area contributed by atoms with Crippen molar-refractivity contribution in [3.63, 3.8) is 0 Å². The lowest BCUT2D eigenvalue weighted by Crippen LogP contribution is -2.33. The summed E-state index contributed by atoms with van der Waals surface area (Å²) in [7, 11) is 1.87. The van der Waals surface area contributed by atoms with Crippen LogP contribution >= 0.6 is 11.3 Å². The van der Waals surface area contributed by atoms with Crippen LogP contribution in [0, 0.1) is 12.8 Å². The van der Waals surface area contributed by atoms with Gasteiger partial charge in [0.05, 0.1) is 10.3 Å². The first-order valence-electron chi connectivity index (χ1n) is 9.93. The highest BCUT2D eigenvalue weighted by Gasteiger charge is 2.22. The molecule has 1 aliphatic rings. The number of carbonyl (C=O) groups is 1. The smallest absolute Gasteiger partial charge is 0.264 e. The SMILES string of the molecule is Cc1c(C(=O)N(C)CC(C)C)sc2ncnc(NCCN3CCCCC3)c12. The Bertz CT molecular complexity index is 782. The molecule has 7 heteroatoms. The third-order valence-electron chi connectivity index (χ3n) is 5.08. The van der Waals surface area contributed by atoms with Crippen LogP contribution in [0.2, 0.25) is 0 Å². The van der Waals surface area contributed by atoms with E-state index in [1.165, 1.54) is 43.7 Å². The molecule has 1 aliphatic heterocycles. The fraction of sp³-hybridized carbons (Fsp3) is 0.650. The second-order valence-corrected chi connectivity index (χ2v) is 8.87. The molecule has 1 saturated heterocycles. The number of carbonyl (C=O) groups excluding carboxylic acids is 1. The van der Waals surface area contributed by atoms with Gasteiger partial charge in [-0.3, -0.25) is 4.79 Å². The molecule has 0 aromatic carbocycles. The van der Waals surface area contributed by atoms with E-state index in [-0.39, 0.29) is 5.91 Å². The minimum Gasteiger partial charge on any atom is -0.368 e. The van der Waals surface area contributed by atoms with Crippen molar-refractivity contribution in [2.24, 2.45) is 5.92 Å². The van der Waals surface area contributed by atoms with Crippen LogP contribution in [0.3, 0.4) is 0 Å². The first-order valence-corrected chi connectivity index (χ1v) is 10.7. The molecule has 0 unspecified atom stereocenters. The van der Waals surface area contributed by atoms with Crippen molar-refractivity contribution in [3.05, 3.63) is 16.8 Å². The summed E-state index contributed by atoms with van der Waals surface area (Å²) in [6, 6.07) is 0. The maximum Gasteiger partial charge on any atom is 0.264 e. The van der Waals surface area contributed by atoms with Gasteiger partial charge in [0.2, 0.25) is 0 Å². The van der Waals surface area contributed by atoms with Crippen molar-refractivity contribution in [2.45, 2.75) is 40.0 Å². The van der Waals surface area contributed by atoms with Crippen molar-refractivity contribution < 1.29 is 4.79 Å². The Labute approximate surface area is 166 Å². The number of anilines is 1. The quantitative estimate of drug-likeness (QED) is 0.784. The summed E-state index contributed by atoms with van der Waals surface area (Å²) < 4.78 is 0. The number of amides is 1. The predicted molar refractivity (Wildman–Crippen MR) is 113 cm³/mol. The molecule has 0 bridgehead atoms. The second-order valence-electron chi connectivity index (χ2n) is 7.87. The standard InChI is InChI=1S/C20H31N5OS/c1-14(2)12-24(4)20(26)17-15(3)16-18(22-13-23-19(16)27-17)21-8-11-25-9-6-5-7-10-25/h13-14H,5-12H2,1-4H3,(H,21,22,23). The molecule has 3 heterocycles. The molecule has 27 heavy (non-hydrogen) atoms. The maximum atomic E-state index is 12.9. The number of hydrogen-bond donors (Lipinski definition) is 1. The number of piperidine rings is 1. The summed E-state index contributed by atoms with van der Waals surface area (Å²) >= 11 is 1.47. The lowest BCUT2D eigenvalue weighted by Gasteiger charge is -2.26. The lowest BCUT2D eigenvalue weighted by molar-refractivity contribution is 0.0783. The Morgan fingerprint density at radius 2 is 2.04 bits per heavy atom. The summed E-state index contributed by atoms with van der Waals surface area (Å²) in [6.45, 7) is 11.3. The molecule has 0 aliphatic carbocycles. The van der Waals surface area contributed by atoms with E-state index in [0.717, 1.165) is 46.1 Å². The van der Waals surface area contributed by atoms with Crippen molar-refractivity contribution in [2.75, 3.05) is 45.1 Å². The fourth-order valence-corrected chi connectivity index (χ4v) is 4.87. The molecule has 1 amide bonds. The van der Waals surface area contributed by atoms with E-state index in [0.29, 0.717) is 5.92 Å². The first-order chi connectivity index (χ1) is 13.0. The number of aromatic nitrogens is 2. The molecule has 148 valence electrons. The molecule has 3 rings (SSSR count). The normalized spacial score (nSPS) is 15.4. The highest BCUT2D eigenvalue weighted by molar-refractivity contribution is 7.20. The van der Waals surface area contributed by atoms with Gasteiger partial charge in [-0.15, -0.1) is 11.3 Å². The van der Waals surface area contributed by atoms with Crippen molar-refractivity contribution >= 4 is 33.3 Å². The van der Waals surface area contributed by atoms with Crippen molar-refractivity contribution in [3.8, 4) is 0 Å². The average Bonchev–Trinajstić information content (AvgIpc) is 2.99. The summed E-state index contributed by atoms with van der Waals surface area (Å²) in [4.78, 5) is 27.7. The van der Waals surface area contributed by atoms with Gasteiger partial charge >= 0.3 is 0 Å². The van der Waals surface area contributed by atoms with Gasteiger partial charge in [-0.05, 0) is 44.3 Å². The third-order valence-corrected chi connectivity index (χ3v) is 6.26. The van der Waals surface area contributed by atoms with E-state index < -0.39 is 0 Å². The Kier molecular flexibility index (Phi) is 6.65. The Morgan fingerprint density at radius 1 is 1.30 bits per heavy atom. The Hall–Kier alpha value is -1.73. The first kappa shape index (κ1) is 20.0. The lowest BCUT2D eigenvalue weighted by atomic mass is 10.1. The molecule has 1 fully saturated rings. The topological polar surface area (TPSA) is 61.4 Å². The van der Waals surface area contributed by atoms with Gasteiger partial charge in [0.1, 0.15) is 17.0 Å². The Morgan fingerprint density at radius 3 is 2.74 bits per heavy atom. The van der Waals surface area contributed by atoms with E-state index in [1.54, 1.807) is 11.2 Å². The monoisotopic (exact) mass is 389 g/mol. The van der Waals surface area contributed by atoms with Crippen molar-refractivity contribution in [1.82, 2.24) is 19.8 Å². The van der Waals surface area contributed by atoms with Crippen LogP contribution < -0.4 is 5.32 Å². The number of thiophene rings is 1. The van der Waals surface area contributed by atoms with Crippen LogP contribution in [-0.4, -0.2) is 65.4 Å². The predicted octanol–water partition coefficient (Wildman–Crippen LogP) is 3.63. The molecule has 0 radical (unpaired) electrons. The minimum atomic E-state index is 0.0727. The number of aryl methyl sites for hydroxylation is 1. The van der Waals surface area contributed by atoms with E-state index in [4.69, 9.17) is 0 Å². The molecular formula is C20H31N5OS. The summed E-state index contributed by atoms with van der Waals surface area (Å²) in [5.41, 5.74) is 0.983. The van der Waals surface area contributed by atoms with Crippen LogP contribution in [0.5, 0.6) is 0 Å². The number of likely N-dealkylation sites (tertiary alicyclic amines) is 1. The highest BCUT2D eigenvalue weighted by Crippen LogP contribution is 2.33. The molecule has 0 spiro atoms. The third kappa shape index (κ3) is 4.76. The molecule has 0 saturated carbocycles. The van der Waals surface area contributed by atoms with E-state index in [9.17, 15) is 4.79 Å². The second kappa shape index (κ2) is 8.97.